The van der Waals surface area contributed by atoms with Crippen molar-refractivity contribution < 1.29 is 14.0 Å². The number of hydrogen-bond acceptors (Lipinski definition) is 3. The lowest BCUT2D eigenvalue weighted by molar-refractivity contribution is 0.00578. The Morgan fingerprint density at radius 2 is 1.64 bits per heavy atom. The third-order valence-electron chi connectivity index (χ3n) is 5.22. The molecule has 3 rings (SSSR count). The lowest BCUT2D eigenvalue weighted by Crippen LogP contribution is -2.41. The van der Waals surface area contributed by atoms with Gasteiger partial charge in [-0.2, -0.15) is 0 Å². The molecule has 5 heteroatoms. The van der Waals surface area contributed by atoms with Gasteiger partial charge in [0.1, 0.15) is 0 Å². The van der Waals surface area contributed by atoms with Crippen molar-refractivity contribution in [1.82, 2.24) is 0 Å². The van der Waals surface area contributed by atoms with Gasteiger partial charge in [-0.3, -0.25) is 0 Å². The highest BCUT2D eigenvalue weighted by atomic mass is 35.5. The first-order chi connectivity index (χ1) is 10.3. The van der Waals surface area contributed by atoms with Crippen LogP contribution in [0.4, 0.5) is 0 Å². The van der Waals surface area contributed by atoms with Gasteiger partial charge in [0.05, 0.1) is 11.2 Å². The average Bonchev–Trinajstić information content (AvgIpc) is 2.69. The van der Waals surface area contributed by atoms with Crippen LogP contribution in [0.2, 0.25) is 5.02 Å². The molecule has 2 fully saturated rings. The first-order valence-corrected chi connectivity index (χ1v) is 8.41. The Bertz CT molecular complexity index is 537. The van der Waals surface area contributed by atoms with Crippen LogP contribution in [0, 0.1) is 0 Å². The predicted molar refractivity (Wildman–Crippen MR) is 90.0 cm³/mol. The number of ether oxygens (including phenoxy) is 1. The molecule has 2 heterocycles. The molecule has 0 amide bonds. The van der Waals surface area contributed by atoms with E-state index in [0.29, 0.717) is 10.9 Å². The van der Waals surface area contributed by atoms with Crippen molar-refractivity contribution >= 4 is 24.2 Å². The van der Waals surface area contributed by atoms with Crippen LogP contribution in [0.25, 0.3) is 0 Å². The molecule has 0 aromatic heterocycles. The first kappa shape index (κ1) is 16.3. The largest absolute Gasteiger partial charge is 0.496 e. The van der Waals surface area contributed by atoms with Crippen LogP contribution < -0.4 is 5.46 Å². The maximum atomic E-state index is 6.42. The summed E-state index contributed by atoms with van der Waals surface area (Å²) < 4.78 is 17.7. The highest BCUT2D eigenvalue weighted by molar-refractivity contribution is 6.65. The maximum absolute atomic E-state index is 6.42. The van der Waals surface area contributed by atoms with Crippen molar-refractivity contribution in [3.63, 3.8) is 0 Å². The zero-order valence-corrected chi connectivity index (χ0v) is 14.6. The predicted octanol–water partition coefficient (Wildman–Crippen LogP) is 3.53. The second-order valence-electron chi connectivity index (χ2n) is 7.26. The van der Waals surface area contributed by atoms with Gasteiger partial charge in [0, 0.05) is 23.7 Å². The molecule has 0 bridgehead atoms. The van der Waals surface area contributed by atoms with Crippen LogP contribution in [-0.2, 0) is 14.0 Å². The normalized spacial score (nSPS) is 24.7. The molecular formula is C17H24BClO3. The van der Waals surface area contributed by atoms with Crippen molar-refractivity contribution in [2.45, 2.75) is 57.7 Å². The van der Waals surface area contributed by atoms with Gasteiger partial charge in [-0.15, -0.1) is 0 Å². The summed E-state index contributed by atoms with van der Waals surface area (Å²) in [5, 5.41) is 0.703. The molecule has 0 saturated carbocycles. The molecule has 0 aliphatic carbocycles. The van der Waals surface area contributed by atoms with Crippen LogP contribution in [0.15, 0.2) is 18.2 Å². The molecule has 2 saturated heterocycles. The number of halogens is 1. The molecule has 0 N–H and O–H groups in total. The summed E-state index contributed by atoms with van der Waals surface area (Å²) in [6.45, 7) is 9.90. The van der Waals surface area contributed by atoms with Crippen molar-refractivity contribution in [2.24, 2.45) is 0 Å². The van der Waals surface area contributed by atoms with Gasteiger partial charge in [0.15, 0.2) is 0 Å². The standard InChI is InChI=1S/C17H24BClO3/c1-16(2)17(3,4)22-18(21-16)14-11-13(5-6-15(14)19)12-7-9-20-10-8-12/h5-6,11-12H,7-10H2,1-4H3. The lowest BCUT2D eigenvalue weighted by atomic mass is 9.76. The lowest BCUT2D eigenvalue weighted by Gasteiger charge is -2.32. The maximum Gasteiger partial charge on any atom is 0.496 e. The summed E-state index contributed by atoms with van der Waals surface area (Å²) in [5.74, 6) is 0.534. The smallest absolute Gasteiger partial charge is 0.399 e. The van der Waals surface area contributed by atoms with Crippen LogP contribution in [0.3, 0.4) is 0 Å². The van der Waals surface area contributed by atoms with Gasteiger partial charge in [0.2, 0.25) is 0 Å². The fraction of sp³-hybridized carbons (Fsp3) is 0.647. The summed E-state index contributed by atoms with van der Waals surface area (Å²) >= 11 is 6.42. The summed E-state index contributed by atoms with van der Waals surface area (Å²) in [6.07, 6.45) is 2.12. The SMILES string of the molecule is CC1(C)OB(c2cc(C3CCOCC3)ccc2Cl)OC1(C)C. The van der Waals surface area contributed by atoms with E-state index in [0.717, 1.165) is 31.5 Å². The molecule has 22 heavy (non-hydrogen) atoms. The van der Waals surface area contributed by atoms with Gasteiger partial charge in [-0.05, 0) is 58.1 Å². The molecule has 3 nitrogen and oxygen atoms in total. The monoisotopic (exact) mass is 322 g/mol. The van der Waals surface area contributed by atoms with E-state index in [1.807, 2.05) is 6.07 Å². The second-order valence-corrected chi connectivity index (χ2v) is 7.66. The van der Waals surface area contributed by atoms with Crippen LogP contribution in [0.1, 0.15) is 52.0 Å². The van der Waals surface area contributed by atoms with E-state index in [1.54, 1.807) is 0 Å². The Morgan fingerprint density at radius 1 is 1.05 bits per heavy atom. The van der Waals surface area contributed by atoms with E-state index in [4.69, 9.17) is 25.6 Å². The van der Waals surface area contributed by atoms with E-state index in [-0.39, 0.29) is 11.2 Å². The molecule has 0 spiro atoms. The van der Waals surface area contributed by atoms with Crippen molar-refractivity contribution in [3.8, 4) is 0 Å². The highest BCUT2D eigenvalue weighted by Crippen LogP contribution is 2.37. The Morgan fingerprint density at radius 3 is 2.23 bits per heavy atom. The Balaban J connectivity index is 1.88. The van der Waals surface area contributed by atoms with Gasteiger partial charge in [-0.25, -0.2) is 0 Å². The molecule has 1 aromatic rings. The first-order valence-electron chi connectivity index (χ1n) is 8.03. The van der Waals surface area contributed by atoms with E-state index in [9.17, 15) is 0 Å². The van der Waals surface area contributed by atoms with Gasteiger partial charge in [-0.1, -0.05) is 23.7 Å². The van der Waals surface area contributed by atoms with E-state index in [2.05, 4.69) is 39.8 Å². The van der Waals surface area contributed by atoms with Gasteiger partial charge >= 0.3 is 7.12 Å². The summed E-state index contributed by atoms with van der Waals surface area (Å²) in [4.78, 5) is 0. The molecule has 0 radical (unpaired) electrons. The third-order valence-corrected chi connectivity index (χ3v) is 5.56. The van der Waals surface area contributed by atoms with Crippen LogP contribution >= 0.6 is 11.6 Å². The average molecular weight is 323 g/mol. The minimum absolute atomic E-state index is 0.352. The molecule has 120 valence electrons. The van der Waals surface area contributed by atoms with E-state index in [1.165, 1.54) is 5.56 Å². The summed E-state index contributed by atoms with van der Waals surface area (Å²) in [7, 11) is -0.405. The van der Waals surface area contributed by atoms with Crippen LogP contribution in [-0.4, -0.2) is 31.5 Å². The molecular weight excluding hydrogens is 298 g/mol. The van der Waals surface area contributed by atoms with Crippen LogP contribution in [0.5, 0.6) is 0 Å². The molecule has 1 aromatic carbocycles. The molecule has 2 aliphatic heterocycles. The molecule has 0 atom stereocenters. The Kier molecular flexibility index (Phi) is 4.32. The van der Waals surface area contributed by atoms with Crippen molar-refractivity contribution in [1.29, 1.82) is 0 Å². The molecule has 2 aliphatic rings. The Hall–Kier alpha value is -0.545. The van der Waals surface area contributed by atoms with E-state index < -0.39 is 7.12 Å². The highest BCUT2D eigenvalue weighted by Gasteiger charge is 2.52. The fourth-order valence-corrected chi connectivity index (χ4v) is 3.20. The Labute approximate surface area is 138 Å². The minimum Gasteiger partial charge on any atom is -0.399 e. The topological polar surface area (TPSA) is 27.7 Å². The minimum atomic E-state index is -0.405. The second kappa shape index (κ2) is 5.83. The van der Waals surface area contributed by atoms with E-state index >= 15 is 0 Å². The van der Waals surface area contributed by atoms with Crippen molar-refractivity contribution in [2.75, 3.05) is 13.2 Å². The zero-order chi connectivity index (χ0) is 16.0. The zero-order valence-electron chi connectivity index (χ0n) is 13.8. The summed E-state index contributed by atoms with van der Waals surface area (Å²) in [6, 6.07) is 6.24. The van der Waals surface area contributed by atoms with Gasteiger partial charge < -0.3 is 14.0 Å². The number of rotatable bonds is 2. The quantitative estimate of drug-likeness (QED) is 0.780. The van der Waals surface area contributed by atoms with Crippen molar-refractivity contribution in [3.05, 3.63) is 28.8 Å². The number of benzene rings is 1. The summed E-state index contributed by atoms with van der Waals surface area (Å²) in [5.41, 5.74) is 1.53. The fourth-order valence-electron chi connectivity index (χ4n) is 3.00. The number of hydrogen-bond donors (Lipinski definition) is 0. The van der Waals surface area contributed by atoms with Gasteiger partial charge in [0.25, 0.3) is 0 Å². The third kappa shape index (κ3) is 2.94. The molecule has 0 unspecified atom stereocenters.